The van der Waals surface area contributed by atoms with Crippen LogP contribution in [0.2, 0.25) is 0 Å². The van der Waals surface area contributed by atoms with Gasteiger partial charge in [0.1, 0.15) is 6.23 Å². The van der Waals surface area contributed by atoms with Gasteiger partial charge in [0.25, 0.3) is 0 Å². The minimum absolute atomic E-state index is 0.234. The second-order valence-electron chi connectivity index (χ2n) is 6.50. The van der Waals surface area contributed by atoms with Gasteiger partial charge in [-0.25, -0.2) is 9.97 Å². The van der Waals surface area contributed by atoms with E-state index in [9.17, 15) is 5.11 Å². The quantitative estimate of drug-likeness (QED) is 0.682. The Hall–Kier alpha value is -2.57. The summed E-state index contributed by atoms with van der Waals surface area (Å²) in [6.45, 7) is 2.79. The number of anilines is 1. The molecule has 2 atom stereocenters. The summed E-state index contributed by atoms with van der Waals surface area (Å²) in [5.41, 5.74) is 4.35. The van der Waals surface area contributed by atoms with E-state index in [0.29, 0.717) is 12.5 Å². The van der Waals surface area contributed by atoms with Gasteiger partial charge in [-0.15, -0.1) is 0 Å². The second kappa shape index (κ2) is 6.74. The predicted octanol–water partition coefficient (Wildman–Crippen LogP) is 2.48. The van der Waals surface area contributed by atoms with Gasteiger partial charge in [-0.3, -0.25) is 10.3 Å². The minimum atomic E-state index is -0.398. The number of aliphatic hydroxyl groups is 1. The number of fused-ring (bicyclic) bond motifs is 1. The van der Waals surface area contributed by atoms with E-state index >= 15 is 0 Å². The van der Waals surface area contributed by atoms with Crippen molar-refractivity contribution >= 4 is 16.9 Å². The SMILES string of the molecule is Cc1ccncc1-c1ccc2nc(N[C@H]3CCC(O)NC3)ncc2c1. The van der Waals surface area contributed by atoms with Crippen molar-refractivity contribution in [2.75, 3.05) is 11.9 Å². The van der Waals surface area contributed by atoms with Crippen LogP contribution in [0.5, 0.6) is 0 Å². The molecule has 1 saturated heterocycles. The first-order valence-electron chi connectivity index (χ1n) is 8.55. The first-order valence-corrected chi connectivity index (χ1v) is 8.55. The zero-order valence-electron chi connectivity index (χ0n) is 14.1. The van der Waals surface area contributed by atoms with Crippen molar-refractivity contribution in [2.24, 2.45) is 0 Å². The number of nitrogens with zero attached hydrogens (tertiary/aromatic N) is 3. The minimum Gasteiger partial charge on any atom is -0.379 e. The van der Waals surface area contributed by atoms with E-state index in [-0.39, 0.29) is 6.04 Å². The molecule has 2 aromatic heterocycles. The molecule has 4 rings (SSSR count). The van der Waals surface area contributed by atoms with Crippen molar-refractivity contribution in [3.05, 3.63) is 48.4 Å². The molecule has 0 aliphatic carbocycles. The molecular formula is C19H21N5O. The standard InChI is InChI=1S/C19H21N5O/c1-12-6-7-20-11-16(12)13-2-4-17-14(8-13)9-22-19(24-17)23-15-3-5-18(25)21-10-15/h2,4,6-9,11,15,18,21,25H,3,5,10H2,1H3,(H,22,23,24)/t15-,18?/m0/s1. The van der Waals surface area contributed by atoms with Crippen LogP contribution < -0.4 is 10.6 Å². The number of nitrogens with one attached hydrogen (secondary N) is 2. The summed E-state index contributed by atoms with van der Waals surface area (Å²) in [6, 6.07) is 8.44. The van der Waals surface area contributed by atoms with E-state index in [0.717, 1.165) is 34.9 Å². The van der Waals surface area contributed by atoms with Crippen LogP contribution in [0.1, 0.15) is 18.4 Å². The number of benzene rings is 1. The van der Waals surface area contributed by atoms with Gasteiger partial charge in [0.15, 0.2) is 0 Å². The number of hydrogen-bond acceptors (Lipinski definition) is 6. The number of aryl methyl sites for hydroxylation is 1. The first-order chi connectivity index (χ1) is 12.2. The van der Waals surface area contributed by atoms with Crippen LogP contribution >= 0.6 is 0 Å². The fourth-order valence-electron chi connectivity index (χ4n) is 3.18. The summed E-state index contributed by atoms with van der Waals surface area (Å²) in [7, 11) is 0. The number of aliphatic hydroxyl groups excluding tert-OH is 1. The third kappa shape index (κ3) is 3.45. The van der Waals surface area contributed by atoms with Crippen molar-refractivity contribution in [2.45, 2.75) is 32.0 Å². The highest BCUT2D eigenvalue weighted by atomic mass is 16.3. The van der Waals surface area contributed by atoms with Gasteiger partial charge in [-0.1, -0.05) is 6.07 Å². The zero-order chi connectivity index (χ0) is 17.2. The fourth-order valence-corrected chi connectivity index (χ4v) is 3.18. The lowest BCUT2D eigenvalue weighted by Gasteiger charge is -2.27. The Morgan fingerprint density at radius 1 is 1.20 bits per heavy atom. The van der Waals surface area contributed by atoms with Gasteiger partial charge < -0.3 is 10.4 Å². The molecule has 0 bridgehead atoms. The van der Waals surface area contributed by atoms with Gasteiger partial charge >= 0.3 is 0 Å². The van der Waals surface area contributed by atoms with Crippen LogP contribution in [0.25, 0.3) is 22.0 Å². The van der Waals surface area contributed by atoms with Crippen LogP contribution in [-0.2, 0) is 0 Å². The summed E-state index contributed by atoms with van der Waals surface area (Å²) in [4.78, 5) is 13.3. The van der Waals surface area contributed by atoms with Crippen LogP contribution in [0.3, 0.4) is 0 Å². The van der Waals surface area contributed by atoms with Gasteiger partial charge in [0.2, 0.25) is 5.95 Å². The summed E-state index contributed by atoms with van der Waals surface area (Å²) in [5, 5.41) is 16.9. The molecular weight excluding hydrogens is 314 g/mol. The van der Waals surface area contributed by atoms with Crippen molar-refractivity contribution in [3.63, 3.8) is 0 Å². The lowest BCUT2D eigenvalue weighted by Crippen LogP contribution is -2.44. The Kier molecular flexibility index (Phi) is 4.29. The average Bonchev–Trinajstić information content (AvgIpc) is 2.64. The molecule has 0 saturated carbocycles. The highest BCUT2D eigenvalue weighted by molar-refractivity contribution is 5.85. The topological polar surface area (TPSA) is 83.0 Å². The largest absolute Gasteiger partial charge is 0.379 e. The Bertz CT molecular complexity index is 890. The molecule has 6 heteroatoms. The molecule has 1 unspecified atom stereocenters. The van der Waals surface area contributed by atoms with Crippen molar-refractivity contribution < 1.29 is 5.11 Å². The van der Waals surface area contributed by atoms with Crippen molar-refractivity contribution in [1.29, 1.82) is 0 Å². The van der Waals surface area contributed by atoms with Gasteiger partial charge in [0.05, 0.1) is 5.52 Å². The molecule has 6 nitrogen and oxygen atoms in total. The molecule has 3 heterocycles. The van der Waals surface area contributed by atoms with E-state index < -0.39 is 6.23 Å². The summed E-state index contributed by atoms with van der Waals surface area (Å²) >= 11 is 0. The Morgan fingerprint density at radius 3 is 2.92 bits per heavy atom. The smallest absolute Gasteiger partial charge is 0.223 e. The molecule has 1 fully saturated rings. The summed E-state index contributed by atoms with van der Waals surface area (Å²) < 4.78 is 0. The maximum Gasteiger partial charge on any atom is 0.223 e. The van der Waals surface area contributed by atoms with E-state index in [4.69, 9.17) is 0 Å². The lowest BCUT2D eigenvalue weighted by atomic mass is 10.0. The predicted molar refractivity (Wildman–Crippen MR) is 98.2 cm³/mol. The van der Waals surface area contributed by atoms with Crippen LogP contribution in [-0.4, -0.2) is 38.9 Å². The Labute approximate surface area is 146 Å². The third-order valence-electron chi connectivity index (χ3n) is 4.65. The van der Waals surface area contributed by atoms with E-state index in [2.05, 4.69) is 44.6 Å². The Balaban J connectivity index is 1.58. The monoisotopic (exact) mass is 335 g/mol. The number of rotatable bonds is 3. The zero-order valence-corrected chi connectivity index (χ0v) is 14.1. The number of hydrogen-bond donors (Lipinski definition) is 3. The number of pyridine rings is 1. The molecule has 3 aromatic rings. The van der Waals surface area contributed by atoms with Crippen molar-refractivity contribution in [1.82, 2.24) is 20.3 Å². The summed E-state index contributed by atoms with van der Waals surface area (Å²) in [5.74, 6) is 0.626. The summed E-state index contributed by atoms with van der Waals surface area (Å²) in [6.07, 6.45) is 6.78. The van der Waals surface area contributed by atoms with E-state index in [1.54, 1.807) is 6.20 Å². The van der Waals surface area contributed by atoms with Crippen LogP contribution in [0.4, 0.5) is 5.95 Å². The molecule has 25 heavy (non-hydrogen) atoms. The van der Waals surface area contributed by atoms with E-state index in [1.807, 2.05) is 24.5 Å². The number of piperidine rings is 1. The van der Waals surface area contributed by atoms with Crippen LogP contribution in [0, 0.1) is 6.92 Å². The van der Waals surface area contributed by atoms with Crippen molar-refractivity contribution in [3.8, 4) is 11.1 Å². The average molecular weight is 335 g/mol. The third-order valence-corrected chi connectivity index (χ3v) is 4.65. The fraction of sp³-hybridized carbons (Fsp3) is 0.316. The molecule has 0 spiro atoms. The van der Waals surface area contributed by atoms with Gasteiger partial charge in [-0.2, -0.15) is 0 Å². The molecule has 128 valence electrons. The second-order valence-corrected chi connectivity index (χ2v) is 6.50. The molecule has 1 aliphatic heterocycles. The molecule has 3 N–H and O–H groups in total. The molecule has 0 amide bonds. The molecule has 1 aliphatic rings. The van der Waals surface area contributed by atoms with Gasteiger partial charge in [0, 0.05) is 42.1 Å². The highest BCUT2D eigenvalue weighted by Crippen LogP contribution is 2.26. The Morgan fingerprint density at radius 2 is 2.12 bits per heavy atom. The van der Waals surface area contributed by atoms with Crippen LogP contribution in [0.15, 0.2) is 42.9 Å². The normalized spacial score (nSPS) is 20.6. The molecule has 1 aromatic carbocycles. The number of aromatic nitrogens is 3. The maximum atomic E-state index is 9.50. The first kappa shape index (κ1) is 15.9. The highest BCUT2D eigenvalue weighted by Gasteiger charge is 2.19. The molecule has 0 radical (unpaired) electrons. The van der Waals surface area contributed by atoms with E-state index in [1.165, 1.54) is 5.56 Å². The van der Waals surface area contributed by atoms with Gasteiger partial charge in [-0.05, 0) is 49.1 Å². The maximum absolute atomic E-state index is 9.50. The lowest BCUT2D eigenvalue weighted by molar-refractivity contribution is 0.104.